The molecule has 1 heterocycles. The molecular weight excluding hydrogens is 378 g/mol. The Hall–Kier alpha value is -2.66. The number of rotatable bonds is 2. The van der Waals surface area contributed by atoms with Crippen LogP contribution in [0.1, 0.15) is 5.56 Å². The van der Waals surface area contributed by atoms with E-state index in [0.29, 0.717) is 12.1 Å². The second kappa shape index (κ2) is 6.25. The summed E-state index contributed by atoms with van der Waals surface area (Å²) in [7, 11) is -4.20. The van der Waals surface area contributed by atoms with Crippen LogP contribution in [0.2, 0.25) is 0 Å². The van der Waals surface area contributed by atoms with Crippen molar-refractivity contribution in [3.8, 4) is 0 Å². The maximum atomic E-state index is 12.9. The zero-order chi connectivity index (χ0) is 19.1. The molecule has 1 atom stereocenters. The third kappa shape index (κ3) is 3.63. The first-order valence-electron chi connectivity index (χ1n) is 7.13. The van der Waals surface area contributed by atoms with Crippen LogP contribution >= 0.6 is 0 Å². The van der Waals surface area contributed by atoms with Crippen LogP contribution in [0.4, 0.5) is 28.9 Å². The van der Waals surface area contributed by atoms with E-state index < -0.39 is 44.5 Å². The van der Waals surface area contributed by atoms with E-state index in [1.54, 1.807) is 0 Å². The summed E-state index contributed by atoms with van der Waals surface area (Å²) in [5.41, 5.74) is -1.22. The number of carbonyl (C=O) groups is 1. The Kier molecular flexibility index (Phi) is 4.36. The average Bonchev–Trinajstić information content (AvgIpc) is 2.55. The number of anilines is 2. The van der Waals surface area contributed by atoms with E-state index in [2.05, 4.69) is 10.6 Å². The summed E-state index contributed by atoms with van der Waals surface area (Å²) < 4.78 is 77.7. The Balaban J connectivity index is 1.88. The van der Waals surface area contributed by atoms with Gasteiger partial charge in [0.25, 0.3) is 5.91 Å². The van der Waals surface area contributed by atoms with Crippen molar-refractivity contribution in [3.05, 3.63) is 53.8 Å². The van der Waals surface area contributed by atoms with Crippen LogP contribution in [0, 0.1) is 5.82 Å². The molecule has 0 fully saturated rings. The minimum Gasteiger partial charge on any atom is -0.360 e. The number of halogens is 4. The van der Waals surface area contributed by atoms with Gasteiger partial charge in [0.1, 0.15) is 10.7 Å². The molecule has 1 aliphatic rings. The molecule has 0 spiro atoms. The van der Waals surface area contributed by atoms with Crippen LogP contribution in [0.25, 0.3) is 0 Å². The summed E-state index contributed by atoms with van der Waals surface area (Å²) in [5.74, 6) is -1.41. The Morgan fingerprint density at radius 2 is 1.73 bits per heavy atom. The van der Waals surface area contributed by atoms with Gasteiger partial charge >= 0.3 is 6.18 Å². The number of alkyl halides is 3. The van der Waals surface area contributed by atoms with Crippen molar-refractivity contribution in [2.24, 2.45) is 0 Å². The zero-order valence-electron chi connectivity index (χ0n) is 12.8. The summed E-state index contributed by atoms with van der Waals surface area (Å²) in [5, 5.41) is 4.76. The summed E-state index contributed by atoms with van der Waals surface area (Å²) in [6.45, 7) is 0. The van der Waals surface area contributed by atoms with Gasteiger partial charge in [-0.3, -0.25) is 4.79 Å². The molecule has 2 aromatic rings. The van der Waals surface area contributed by atoms with E-state index in [9.17, 15) is 30.8 Å². The second-order valence-corrected chi connectivity index (χ2v) is 7.09. The normalized spacial score (nSPS) is 18.5. The first kappa shape index (κ1) is 18.1. The van der Waals surface area contributed by atoms with E-state index in [-0.39, 0.29) is 11.4 Å². The van der Waals surface area contributed by atoms with Gasteiger partial charge < -0.3 is 10.6 Å². The second-order valence-electron chi connectivity index (χ2n) is 5.40. The van der Waals surface area contributed by atoms with E-state index in [1.165, 1.54) is 12.1 Å². The fourth-order valence-corrected chi connectivity index (χ4v) is 3.58. The van der Waals surface area contributed by atoms with Crippen molar-refractivity contribution in [3.63, 3.8) is 0 Å². The molecule has 3 rings (SSSR count). The number of carbonyl (C=O) groups excluding carboxylic acids is 1. The molecule has 0 saturated heterocycles. The first-order chi connectivity index (χ1) is 12.1. The predicted molar refractivity (Wildman–Crippen MR) is 84.2 cm³/mol. The zero-order valence-corrected chi connectivity index (χ0v) is 13.6. The SMILES string of the molecule is O=C(Nc1ccc(F)cc1)C1Nc2cc(C(F)(F)F)ccc2S(=O)(=O)N1. The molecule has 1 amide bonds. The lowest BCUT2D eigenvalue weighted by Crippen LogP contribution is -2.51. The highest BCUT2D eigenvalue weighted by Crippen LogP contribution is 2.35. The van der Waals surface area contributed by atoms with Gasteiger partial charge in [0.15, 0.2) is 6.17 Å². The van der Waals surface area contributed by atoms with Crippen LogP contribution in [0.3, 0.4) is 0 Å². The Morgan fingerprint density at radius 1 is 1.08 bits per heavy atom. The Labute approximate surface area is 145 Å². The average molecular weight is 389 g/mol. The third-order valence-electron chi connectivity index (χ3n) is 3.54. The number of amides is 1. The minimum atomic E-state index is -4.67. The number of hydrogen-bond donors (Lipinski definition) is 3. The summed E-state index contributed by atoms with van der Waals surface area (Å²) in [6, 6.07) is 6.73. The maximum absolute atomic E-state index is 12.9. The van der Waals surface area contributed by atoms with Crippen LogP contribution in [0.5, 0.6) is 0 Å². The molecule has 11 heteroatoms. The first-order valence-corrected chi connectivity index (χ1v) is 8.61. The number of fused-ring (bicyclic) bond motifs is 1. The van der Waals surface area contributed by atoms with Crippen molar-refractivity contribution in [2.75, 3.05) is 10.6 Å². The maximum Gasteiger partial charge on any atom is 0.416 e. The van der Waals surface area contributed by atoms with Gasteiger partial charge in [-0.15, -0.1) is 0 Å². The van der Waals surface area contributed by atoms with Gasteiger partial charge in [0, 0.05) is 5.69 Å². The van der Waals surface area contributed by atoms with Crippen molar-refractivity contribution >= 4 is 27.3 Å². The largest absolute Gasteiger partial charge is 0.416 e. The van der Waals surface area contributed by atoms with Gasteiger partial charge in [-0.2, -0.15) is 17.9 Å². The number of benzene rings is 2. The van der Waals surface area contributed by atoms with Gasteiger partial charge in [-0.1, -0.05) is 0 Å². The highest BCUT2D eigenvalue weighted by Gasteiger charge is 2.37. The molecule has 2 aromatic carbocycles. The van der Waals surface area contributed by atoms with E-state index in [4.69, 9.17) is 0 Å². The molecule has 0 radical (unpaired) electrons. The van der Waals surface area contributed by atoms with Crippen LogP contribution < -0.4 is 15.4 Å². The monoisotopic (exact) mass is 389 g/mol. The molecular formula is C15H11F4N3O3S. The molecule has 0 aliphatic carbocycles. The number of hydrogen-bond acceptors (Lipinski definition) is 4. The molecule has 6 nitrogen and oxygen atoms in total. The number of sulfonamides is 1. The van der Waals surface area contributed by atoms with Gasteiger partial charge in [-0.05, 0) is 42.5 Å². The van der Waals surface area contributed by atoms with E-state index >= 15 is 0 Å². The lowest BCUT2D eigenvalue weighted by atomic mass is 10.2. The fourth-order valence-electron chi connectivity index (χ4n) is 2.32. The Bertz CT molecular complexity index is 959. The third-order valence-corrected chi connectivity index (χ3v) is 5.02. The van der Waals surface area contributed by atoms with Crippen molar-refractivity contribution in [1.29, 1.82) is 0 Å². The summed E-state index contributed by atoms with van der Waals surface area (Å²) in [6.07, 6.45) is -6.21. The highest BCUT2D eigenvalue weighted by atomic mass is 32.2. The highest BCUT2D eigenvalue weighted by molar-refractivity contribution is 7.89. The summed E-state index contributed by atoms with van der Waals surface area (Å²) >= 11 is 0. The van der Waals surface area contributed by atoms with Crippen LogP contribution in [-0.2, 0) is 21.0 Å². The molecule has 1 aliphatic heterocycles. The van der Waals surface area contributed by atoms with Crippen LogP contribution in [-0.4, -0.2) is 20.5 Å². The van der Waals surface area contributed by atoms with Crippen molar-refractivity contribution < 1.29 is 30.8 Å². The molecule has 0 bridgehead atoms. The topological polar surface area (TPSA) is 87.3 Å². The minimum absolute atomic E-state index is 0.187. The van der Waals surface area contributed by atoms with Crippen molar-refractivity contribution in [1.82, 2.24) is 4.72 Å². The molecule has 26 heavy (non-hydrogen) atoms. The molecule has 138 valence electrons. The molecule has 1 unspecified atom stereocenters. The van der Waals surface area contributed by atoms with E-state index in [0.717, 1.165) is 18.2 Å². The summed E-state index contributed by atoms with van der Waals surface area (Å²) in [4.78, 5) is 11.8. The smallest absolute Gasteiger partial charge is 0.360 e. The molecule has 3 N–H and O–H groups in total. The quantitative estimate of drug-likeness (QED) is 0.689. The lowest BCUT2D eigenvalue weighted by molar-refractivity contribution is -0.137. The predicted octanol–water partition coefficient (Wildman–Crippen LogP) is 2.51. The Morgan fingerprint density at radius 3 is 2.35 bits per heavy atom. The standard InChI is InChI=1S/C15H11F4N3O3S/c16-9-2-4-10(5-3-9)20-14(23)13-21-11-7-8(15(17,18)19)1-6-12(11)26(24,25)22-13/h1-7,13,21-22H,(H,20,23). The number of nitrogens with one attached hydrogen (secondary N) is 3. The van der Waals surface area contributed by atoms with Gasteiger partial charge in [-0.25, -0.2) is 12.8 Å². The van der Waals surface area contributed by atoms with Gasteiger partial charge in [0.2, 0.25) is 10.0 Å². The van der Waals surface area contributed by atoms with Crippen molar-refractivity contribution in [2.45, 2.75) is 17.2 Å². The molecule has 0 aromatic heterocycles. The fraction of sp³-hybridized carbons (Fsp3) is 0.133. The van der Waals surface area contributed by atoms with Gasteiger partial charge in [0.05, 0.1) is 11.3 Å². The lowest BCUT2D eigenvalue weighted by Gasteiger charge is -2.27. The molecule has 0 saturated carbocycles. The van der Waals surface area contributed by atoms with Crippen LogP contribution in [0.15, 0.2) is 47.4 Å². The van der Waals surface area contributed by atoms with E-state index in [1.807, 2.05) is 4.72 Å².